The highest BCUT2D eigenvalue weighted by atomic mass is 16.5. The number of ether oxygens (including phenoxy) is 1. The third-order valence-corrected chi connectivity index (χ3v) is 5.46. The Hall–Kier alpha value is -1.44. The molecule has 2 aliphatic heterocycles. The highest BCUT2D eigenvalue weighted by molar-refractivity contribution is 5.79. The maximum Gasteiger partial charge on any atom is 0.227 e. The van der Waals surface area contributed by atoms with E-state index in [1.807, 2.05) is 18.7 Å². The molecule has 1 aromatic rings. The summed E-state index contributed by atoms with van der Waals surface area (Å²) in [6.45, 7) is 9.95. The molecule has 3 rings (SSSR count). The van der Waals surface area contributed by atoms with Gasteiger partial charge in [-0.05, 0) is 32.1 Å². The highest BCUT2D eigenvalue weighted by Gasteiger charge is 2.31. The summed E-state index contributed by atoms with van der Waals surface area (Å²) in [4.78, 5) is 17.2. The molecule has 25 heavy (non-hydrogen) atoms. The predicted molar refractivity (Wildman–Crippen MR) is 94.3 cm³/mol. The van der Waals surface area contributed by atoms with Crippen LogP contribution in [0.4, 0.5) is 0 Å². The average Bonchev–Trinajstić information content (AvgIpc) is 2.94. The number of piperidine rings is 1. The lowest BCUT2D eigenvalue weighted by Gasteiger charge is -2.40. The zero-order valence-corrected chi connectivity index (χ0v) is 15.3. The smallest absolute Gasteiger partial charge is 0.227 e. The number of rotatable bonds is 5. The summed E-state index contributed by atoms with van der Waals surface area (Å²) in [6, 6.07) is 0. The number of hydrogen-bond acceptors (Lipinski definition) is 5. The molecule has 3 heterocycles. The van der Waals surface area contributed by atoms with Crippen molar-refractivity contribution in [1.29, 1.82) is 0 Å². The van der Waals surface area contributed by atoms with Gasteiger partial charge in [-0.3, -0.25) is 14.8 Å². The van der Waals surface area contributed by atoms with E-state index < -0.39 is 0 Å². The molecule has 2 N–H and O–H groups in total. The summed E-state index contributed by atoms with van der Waals surface area (Å²) in [6.07, 6.45) is 1.37. The van der Waals surface area contributed by atoms with Gasteiger partial charge in [-0.1, -0.05) is 0 Å². The number of carbonyl (C=O) groups excluding carboxylic acids is 1. The standard InChI is InChI=1S/C18H30N4O3/c1-13-17(14(2)20-19-13)8-18(24)22-10-15(7-16(11-22)12-23)9-21-3-5-25-6-4-21/h15-16,23H,3-12H2,1-2H3,(H,19,20). The van der Waals surface area contributed by atoms with Gasteiger partial charge in [0, 0.05) is 50.6 Å². The molecule has 7 nitrogen and oxygen atoms in total. The van der Waals surface area contributed by atoms with Crippen molar-refractivity contribution < 1.29 is 14.6 Å². The van der Waals surface area contributed by atoms with Crippen molar-refractivity contribution in [2.45, 2.75) is 26.7 Å². The number of aromatic nitrogens is 2. The molecule has 140 valence electrons. The molecule has 0 spiro atoms. The molecule has 2 saturated heterocycles. The van der Waals surface area contributed by atoms with Gasteiger partial charge in [0.05, 0.1) is 25.3 Å². The van der Waals surface area contributed by atoms with Crippen molar-refractivity contribution in [1.82, 2.24) is 20.0 Å². The SMILES string of the molecule is Cc1n[nH]c(C)c1CC(=O)N1CC(CO)CC(CN2CCOCC2)C1. The number of amides is 1. The fourth-order valence-electron chi connectivity index (χ4n) is 4.03. The number of nitrogens with zero attached hydrogens (tertiary/aromatic N) is 3. The van der Waals surface area contributed by atoms with Crippen LogP contribution in [0.2, 0.25) is 0 Å². The maximum absolute atomic E-state index is 12.8. The Kier molecular flexibility index (Phi) is 6.09. The van der Waals surface area contributed by atoms with E-state index in [4.69, 9.17) is 4.74 Å². The van der Waals surface area contributed by atoms with E-state index >= 15 is 0 Å². The van der Waals surface area contributed by atoms with Crippen molar-refractivity contribution in [2.75, 3.05) is 52.5 Å². The van der Waals surface area contributed by atoms with Crippen LogP contribution in [0.1, 0.15) is 23.4 Å². The quantitative estimate of drug-likeness (QED) is 0.801. The van der Waals surface area contributed by atoms with Crippen LogP contribution in [-0.4, -0.2) is 83.6 Å². The molecular weight excluding hydrogens is 320 g/mol. The first-order valence-electron chi connectivity index (χ1n) is 9.26. The lowest BCUT2D eigenvalue weighted by atomic mass is 9.88. The monoisotopic (exact) mass is 350 g/mol. The molecule has 1 amide bonds. The van der Waals surface area contributed by atoms with Crippen LogP contribution < -0.4 is 0 Å². The molecule has 0 saturated carbocycles. The van der Waals surface area contributed by atoms with Crippen molar-refractivity contribution in [3.05, 3.63) is 17.0 Å². The molecule has 0 radical (unpaired) electrons. The van der Waals surface area contributed by atoms with E-state index in [1.54, 1.807) is 0 Å². The number of aliphatic hydroxyl groups excluding tert-OH is 1. The van der Waals surface area contributed by atoms with Gasteiger partial charge in [0.25, 0.3) is 0 Å². The Bertz CT molecular complexity index is 563. The normalized spacial score (nSPS) is 25.3. The van der Waals surface area contributed by atoms with Crippen LogP contribution in [-0.2, 0) is 16.0 Å². The highest BCUT2D eigenvalue weighted by Crippen LogP contribution is 2.24. The Balaban J connectivity index is 1.62. The molecule has 2 fully saturated rings. The Labute approximate surface area is 149 Å². The van der Waals surface area contributed by atoms with Gasteiger partial charge in [-0.2, -0.15) is 5.10 Å². The molecule has 0 bridgehead atoms. The number of H-pyrrole nitrogens is 1. The number of aryl methyl sites for hydroxylation is 2. The third kappa shape index (κ3) is 4.59. The van der Waals surface area contributed by atoms with Crippen LogP contribution in [0.3, 0.4) is 0 Å². The molecule has 0 aromatic carbocycles. The van der Waals surface area contributed by atoms with E-state index in [-0.39, 0.29) is 18.4 Å². The first-order valence-corrected chi connectivity index (χ1v) is 9.26. The van der Waals surface area contributed by atoms with Gasteiger partial charge in [0.2, 0.25) is 5.91 Å². The van der Waals surface area contributed by atoms with Crippen LogP contribution in [0.5, 0.6) is 0 Å². The van der Waals surface area contributed by atoms with Gasteiger partial charge in [0.15, 0.2) is 0 Å². The van der Waals surface area contributed by atoms with Crippen LogP contribution in [0.25, 0.3) is 0 Å². The van der Waals surface area contributed by atoms with Gasteiger partial charge in [-0.15, -0.1) is 0 Å². The first kappa shape index (κ1) is 18.4. The first-order chi connectivity index (χ1) is 12.1. The van der Waals surface area contributed by atoms with Gasteiger partial charge < -0.3 is 14.7 Å². The molecule has 0 aliphatic carbocycles. The molecule has 2 aliphatic rings. The van der Waals surface area contributed by atoms with Crippen molar-refractivity contribution in [3.8, 4) is 0 Å². The minimum absolute atomic E-state index is 0.137. The number of carbonyl (C=O) groups is 1. The maximum atomic E-state index is 12.8. The molecule has 1 aromatic heterocycles. The minimum atomic E-state index is 0.137. The number of nitrogens with one attached hydrogen (secondary N) is 1. The summed E-state index contributed by atoms with van der Waals surface area (Å²) in [5.74, 6) is 0.729. The second-order valence-electron chi connectivity index (χ2n) is 7.45. The Morgan fingerprint density at radius 3 is 2.64 bits per heavy atom. The van der Waals surface area contributed by atoms with Crippen molar-refractivity contribution in [2.24, 2.45) is 11.8 Å². The van der Waals surface area contributed by atoms with Gasteiger partial charge >= 0.3 is 0 Å². The Morgan fingerprint density at radius 1 is 1.28 bits per heavy atom. The lowest BCUT2D eigenvalue weighted by Crippen LogP contribution is -2.49. The number of aromatic amines is 1. The van der Waals surface area contributed by atoms with E-state index in [9.17, 15) is 9.90 Å². The van der Waals surface area contributed by atoms with E-state index in [1.165, 1.54) is 0 Å². The Morgan fingerprint density at radius 2 is 2.00 bits per heavy atom. The average molecular weight is 350 g/mol. The predicted octanol–water partition coefficient (Wildman–Crippen LogP) is 0.358. The number of likely N-dealkylation sites (tertiary alicyclic amines) is 1. The summed E-state index contributed by atoms with van der Waals surface area (Å²) in [5.41, 5.74) is 2.86. The second-order valence-corrected chi connectivity index (χ2v) is 7.45. The lowest BCUT2D eigenvalue weighted by molar-refractivity contribution is -0.134. The van der Waals surface area contributed by atoms with Gasteiger partial charge in [0.1, 0.15) is 0 Å². The molecular formula is C18H30N4O3. The summed E-state index contributed by atoms with van der Waals surface area (Å²) >= 11 is 0. The third-order valence-electron chi connectivity index (χ3n) is 5.46. The van der Waals surface area contributed by atoms with E-state index in [2.05, 4.69) is 15.1 Å². The van der Waals surface area contributed by atoms with E-state index in [0.29, 0.717) is 18.9 Å². The van der Waals surface area contributed by atoms with Gasteiger partial charge in [-0.25, -0.2) is 0 Å². The van der Waals surface area contributed by atoms with Crippen LogP contribution >= 0.6 is 0 Å². The summed E-state index contributed by atoms with van der Waals surface area (Å²) in [5, 5.41) is 16.8. The summed E-state index contributed by atoms with van der Waals surface area (Å²) < 4.78 is 5.42. The topological polar surface area (TPSA) is 81.7 Å². The van der Waals surface area contributed by atoms with Crippen molar-refractivity contribution in [3.63, 3.8) is 0 Å². The van der Waals surface area contributed by atoms with Crippen LogP contribution in [0.15, 0.2) is 0 Å². The van der Waals surface area contributed by atoms with E-state index in [0.717, 1.165) is 62.8 Å². The molecule has 2 unspecified atom stereocenters. The fourth-order valence-corrected chi connectivity index (χ4v) is 4.03. The molecule has 2 atom stereocenters. The van der Waals surface area contributed by atoms with Crippen LogP contribution in [0, 0.1) is 25.7 Å². The second kappa shape index (κ2) is 8.29. The fraction of sp³-hybridized carbons (Fsp3) is 0.778. The largest absolute Gasteiger partial charge is 0.396 e. The minimum Gasteiger partial charge on any atom is -0.396 e. The number of morpholine rings is 1. The zero-order chi connectivity index (χ0) is 17.8. The molecule has 7 heteroatoms. The van der Waals surface area contributed by atoms with Crippen molar-refractivity contribution >= 4 is 5.91 Å². The zero-order valence-electron chi connectivity index (χ0n) is 15.3. The number of aliphatic hydroxyl groups is 1. The summed E-state index contributed by atoms with van der Waals surface area (Å²) in [7, 11) is 0. The number of hydrogen-bond donors (Lipinski definition) is 2.